The van der Waals surface area contributed by atoms with E-state index in [0.29, 0.717) is 41.9 Å². The summed E-state index contributed by atoms with van der Waals surface area (Å²) in [5.74, 6) is 0.389. The lowest BCUT2D eigenvalue weighted by atomic mass is 10.0. The van der Waals surface area contributed by atoms with Gasteiger partial charge in [0.1, 0.15) is 17.9 Å². The summed E-state index contributed by atoms with van der Waals surface area (Å²) in [5, 5.41) is 6.63. The normalized spacial score (nSPS) is 17.0. The van der Waals surface area contributed by atoms with E-state index in [1.807, 2.05) is 0 Å². The quantitative estimate of drug-likeness (QED) is 0.242. The van der Waals surface area contributed by atoms with Gasteiger partial charge in [0.15, 0.2) is 0 Å². The first-order valence-corrected chi connectivity index (χ1v) is 14.0. The highest BCUT2D eigenvalue weighted by molar-refractivity contribution is 6.13. The fraction of sp³-hybridized carbons (Fsp3) is 0.290. The molecule has 1 saturated heterocycles. The van der Waals surface area contributed by atoms with E-state index < -0.39 is 17.6 Å². The van der Waals surface area contributed by atoms with Gasteiger partial charge in [0.2, 0.25) is 11.8 Å². The van der Waals surface area contributed by atoms with Crippen molar-refractivity contribution in [1.29, 1.82) is 0 Å². The van der Waals surface area contributed by atoms with Crippen molar-refractivity contribution in [2.24, 2.45) is 11.7 Å². The zero-order chi connectivity index (χ0) is 30.1. The lowest BCUT2D eigenvalue weighted by molar-refractivity contribution is -0.137. The molecular weight excluding hydrogens is 561 g/mol. The third kappa shape index (κ3) is 6.54. The van der Waals surface area contributed by atoms with Crippen molar-refractivity contribution < 1.29 is 27.5 Å². The number of benzene rings is 3. The summed E-state index contributed by atoms with van der Waals surface area (Å²) in [6.07, 6.45) is -0.102. The van der Waals surface area contributed by atoms with Crippen LogP contribution >= 0.6 is 0 Å². The summed E-state index contributed by atoms with van der Waals surface area (Å²) < 4.78 is 48.0. The molecule has 0 bridgehead atoms. The summed E-state index contributed by atoms with van der Waals surface area (Å²) in [4.78, 5) is 35.1. The van der Waals surface area contributed by atoms with Crippen LogP contribution in [0.3, 0.4) is 0 Å². The first-order chi connectivity index (χ1) is 20.6. The zero-order valence-corrected chi connectivity index (χ0v) is 23.0. The maximum Gasteiger partial charge on any atom is 0.418 e. The molecule has 2 heterocycles. The number of aromatic nitrogens is 2. The summed E-state index contributed by atoms with van der Waals surface area (Å²) in [6.45, 7) is 0.825. The Hall–Kier alpha value is -4.71. The first-order valence-electron chi connectivity index (χ1n) is 14.0. The maximum atomic E-state index is 14.0. The van der Waals surface area contributed by atoms with Gasteiger partial charge >= 0.3 is 6.18 Å². The molecule has 1 aromatic heterocycles. The molecule has 0 unspecified atom stereocenters. The standard InChI is InChI=1S/C31H29F3N6O3/c32-31(33,34)25-14-21(8-11-26(25)40-12-2-4-20(35)16-40)38-30(42)24-5-1-3-19-13-22(9-10-23(19)24)43-28-15-27(36-17-37-28)39-29(41)18-6-7-18/h1,3,5,8-11,13-15,17-18,20H,2,4,6-7,12,16,35H2,(H,38,42)(H,36,37,39,41)/t20-/m1/s1. The number of carbonyl (C=O) groups excluding carboxylic acids is 2. The zero-order valence-electron chi connectivity index (χ0n) is 23.0. The van der Waals surface area contributed by atoms with Crippen LogP contribution in [0, 0.1) is 5.92 Å². The van der Waals surface area contributed by atoms with Gasteiger partial charge in [-0.15, -0.1) is 0 Å². The Morgan fingerprint density at radius 1 is 0.977 bits per heavy atom. The molecule has 3 aromatic carbocycles. The minimum atomic E-state index is -4.61. The second-order valence-corrected chi connectivity index (χ2v) is 10.8. The number of alkyl halides is 3. The van der Waals surface area contributed by atoms with Crippen LogP contribution in [0.5, 0.6) is 11.6 Å². The van der Waals surface area contributed by atoms with Crippen molar-refractivity contribution >= 4 is 39.8 Å². The molecule has 2 fully saturated rings. The molecule has 9 nitrogen and oxygen atoms in total. The average molecular weight is 591 g/mol. The van der Waals surface area contributed by atoms with Gasteiger partial charge in [0.05, 0.1) is 5.56 Å². The van der Waals surface area contributed by atoms with Crippen LogP contribution in [0.2, 0.25) is 0 Å². The number of hydrogen-bond donors (Lipinski definition) is 3. The Kier molecular flexibility index (Phi) is 7.61. The summed E-state index contributed by atoms with van der Waals surface area (Å²) in [5.41, 5.74) is 5.56. The highest BCUT2D eigenvalue weighted by atomic mass is 19.4. The van der Waals surface area contributed by atoms with Gasteiger partial charge in [-0.25, -0.2) is 9.97 Å². The number of nitrogens with zero attached hydrogens (tertiary/aromatic N) is 3. The van der Waals surface area contributed by atoms with Crippen LogP contribution in [-0.4, -0.2) is 40.9 Å². The summed E-state index contributed by atoms with van der Waals surface area (Å²) >= 11 is 0. The largest absolute Gasteiger partial charge is 0.439 e. The number of hydrogen-bond acceptors (Lipinski definition) is 7. The number of nitrogens with one attached hydrogen (secondary N) is 2. The lowest BCUT2D eigenvalue weighted by Gasteiger charge is -2.34. The smallest absolute Gasteiger partial charge is 0.418 e. The third-order valence-corrected chi connectivity index (χ3v) is 7.52. The lowest BCUT2D eigenvalue weighted by Crippen LogP contribution is -2.43. The van der Waals surface area contributed by atoms with Crippen LogP contribution < -0.4 is 26.0 Å². The van der Waals surface area contributed by atoms with E-state index in [1.54, 1.807) is 41.3 Å². The molecule has 4 aromatic rings. The molecule has 2 amide bonds. The van der Waals surface area contributed by atoms with Crippen molar-refractivity contribution in [1.82, 2.24) is 9.97 Å². The molecule has 1 atom stereocenters. The topological polar surface area (TPSA) is 122 Å². The molecule has 222 valence electrons. The van der Waals surface area contributed by atoms with E-state index >= 15 is 0 Å². The second kappa shape index (κ2) is 11.5. The SMILES string of the molecule is N[C@@H]1CCCN(c2ccc(NC(=O)c3cccc4cc(Oc5cc(NC(=O)C6CC6)ncn5)ccc34)cc2C(F)(F)F)C1. The Morgan fingerprint density at radius 2 is 1.81 bits per heavy atom. The molecule has 6 rings (SSSR count). The Morgan fingerprint density at radius 3 is 2.58 bits per heavy atom. The Balaban J connectivity index is 1.20. The van der Waals surface area contributed by atoms with Crippen molar-refractivity contribution in [3.8, 4) is 11.6 Å². The molecule has 1 aliphatic heterocycles. The second-order valence-electron chi connectivity index (χ2n) is 10.8. The highest BCUT2D eigenvalue weighted by Gasteiger charge is 2.36. The number of carbonyl (C=O) groups is 2. The van der Waals surface area contributed by atoms with Gasteiger partial charge < -0.3 is 26.0 Å². The number of fused-ring (bicyclic) bond motifs is 1. The highest BCUT2D eigenvalue weighted by Crippen LogP contribution is 2.39. The van der Waals surface area contributed by atoms with E-state index in [2.05, 4.69) is 20.6 Å². The minimum Gasteiger partial charge on any atom is -0.439 e. The number of amides is 2. The van der Waals surface area contributed by atoms with Crippen molar-refractivity contribution in [3.63, 3.8) is 0 Å². The Labute approximate surface area is 245 Å². The van der Waals surface area contributed by atoms with E-state index in [1.165, 1.54) is 24.5 Å². The third-order valence-electron chi connectivity index (χ3n) is 7.52. The minimum absolute atomic E-state index is 0.0243. The van der Waals surface area contributed by atoms with E-state index in [4.69, 9.17) is 10.5 Å². The fourth-order valence-corrected chi connectivity index (χ4v) is 5.23. The molecule has 0 radical (unpaired) electrons. The number of piperidine rings is 1. The van der Waals surface area contributed by atoms with Gasteiger partial charge in [-0.05, 0) is 78.9 Å². The molecule has 1 saturated carbocycles. The van der Waals surface area contributed by atoms with Crippen molar-refractivity contribution in [3.05, 3.63) is 78.1 Å². The molecule has 12 heteroatoms. The fourth-order valence-electron chi connectivity index (χ4n) is 5.23. The summed E-state index contributed by atoms with van der Waals surface area (Å²) in [6, 6.07) is 15.3. The van der Waals surface area contributed by atoms with Crippen LogP contribution in [0.1, 0.15) is 41.6 Å². The van der Waals surface area contributed by atoms with Gasteiger partial charge in [-0.1, -0.05) is 12.1 Å². The van der Waals surface area contributed by atoms with Crippen LogP contribution in [-0.2, 0) is 11.0 Å². The van der Waals surface area contributed by atoms with Crippen LogP contribution in [0.4, 0.5) is 30.4 Å². The number of nitrogens with two attached hydrogens (primary N) is 1. The average Bonchev–Trinajstić information content (AvgIpc) is 3.82. The predicted octanol–water partition coefficient (Wildman–Crippen LogP) is 5.97. The number of anilines is 3. The first kappa shape index (κ1) is 28.4. The van der Waals surface area contributed by atoms with Crippen molar-refractivity contribution in [2.45, 2.75) is 37.9 Å². The molecule has 1 aliphatic carbocycles. The van der Waals surface area contributed by atoms with Crippen LogP contribution in [0.25, 0.3) is 10.8 Å². The van der Waals surface area contributed by atoms with E-state index in [-0.39, 0.29) is 40.7 Å². The number of ether oxygens (including phenoxy) is 1. The Bertz CT molecular complexity index is 1690. The van der Waals surface area contributed by atoms with E-state index in [9.17, 15) is 22.8 Å². The van der Waals surface area contributed by atoms with Gasteiger partial charge in [0, 0.05) is 48.1 Å². The maximum absolute atomic E-state index is 14.0. The van der Waals surface area contributed by atoms with Crippen LogP contribution in [0.15, 0.2) is 67.0 Å². The monoisotopic (exact) mass is 590 g/mol. The van der Waals surface area contributed by atoms with Gasteiger partial charge in [-0.2, -0.15) is 13.2 Å². The van der Waals surface area contributed by atoms with Gasteiger partial charge in [-0.3, -0.25) is 9.59 Å². The van der Waals surface area contributed by atoms with Crippen molar-refractivity contribution in [2.75, 3.05) is 28.6 Å². The van der Waals surface area contributed by atoms with E-state index in [0.717, 1.165) is 25.3 Å². The summed E-state index contributed by atoms with van der Waals surface area (Å²) in [7, 11) is 0. The predicted molar refractivity (Wildman–Crippen MR) is 156 cm³/mol. The molecule has 43 heavy (non-hydrogen) atoms. The molecule has 2 aliphatic rings. The molecule has 0 spiro atoms. The van der Waals surface area contributed by atoms with Gasteiger partial charge in [0.25, 0.3) is 5.91 Å². The number of halogens is 3. The molecule has 4 N–H and O–H groups in total. The number of rotatable bonds is 7. The molecular formula is C31H29F3N6O3.